The van der Waals surface area contributed by atoms with Crippen molar-refractivity contribution in [3.63, 3.8) is 0 Å². The van der Waals surface area contributed by atoms with Crippen LogP contribution in [-0.4, -0.2) is 11.3 Å². The molecule has 0 nitrogen and oxygen atoms in total. The Morgan fingerprint density at radius 2 is 2.25 bits per heavy atom. The zero-order valence-corrected chi connectivity index (χ0v) is 8.44. The van der Waals surface area contributed by atoms with E-state index in [1.807, 2.05) is 13.0 Å². The summed E-state index contributed by atoms with van der Waals surface area (Å²) in [7, 11) is 0. The number of hydrogen-bond donors (Lipinski definition) is 0. The van der Waals surface area contributed by atoms with Crippen molar-refractivity contribution in [3.05, 3.63) is 23.3 Å². The molecule has 3 heteroatoms. The van der Waals surface area contributed by atoms with Crippen molar-refractivity contribution in [1.82, 2.24) is 0 Å². The first-order valence-electron chi connectivity index (χ1n) is 3.89. The molecule has 0 aromatic heterocycles. The summed E-state index contributed by atoms with van der Waals surface area (Å²) in [6.45, 7) is 1.85. The maximum atomic E-state index is 12.3. The summed E-state index contributed by atoms with van der Waals surface area (Å²) in [5.74, 6) is 0. The van der Waals surface area contributed by atoms with Crippen LogP contribution < -0.4 is 0 Å². The Bertz CT molecular complexity index is 219. The van der Waals surface area contributed by atoms with E-state index in [1.165, 1.54) is 0 Å². The highest BCUT2D eigenvalue weighted by Gasteiger charge is 2.17. The summed E-state index contributed by atoms with van der Waals surface area (Å²) < 4.78 is 24.7. The third-order valence-electron chi connectivity index (χ3n) is 1.85. The third-order valence-corrected chi connectivity index (χ3v) is 2.54. The number of hydrogen-bond acceptors (Lipinski definition) is 0. The van der Waals surface area contributed by atoms with Crippen molar-refractivity contribution in [1.29, 1.82) is 0 Å². The number of alkyl halides is 3. The molecule has 1 rings (SSSR count). The number of allylic oxidation sites excluding steroid dienone is 4. The van der Waals surface area contributed by atoms with E-state index in [9.17, 15) is 8.78 Å². The largest absolute Gasteiger partial charge is 0.260 e. The molecule has 1 aliphatic carbocycles. The van der Waals surface area contributed by atoms with Crippen LogP contribution in [0.3, 0.4) is 0 Å². The monoisotopic (exact) mass is 236 g/mol. The second-order valence-corrected chi connectivity index (χ2v) is 4.30. The van der Waals surface area contributed by atoms with Crippen LogP contribution in [0.5, 0.6) is 0 Å². The van der Waals surface area contributed by atoms with Crippen LogP contribution in [0.25, 0.3) is 0 Å². The van der Waals surface area contributed by atoms with Gasteiger partial charge >= 0.3 is 0 Å². The van der Waals surface area contributed by atoms with Gasteiger partial charge < -0.3 is 0 Å². The summed E-state index contributed by atoms with van der Waals surface area (Å²) in [4.78, 5) is 0.162. The van der Waals surface area contributed by atoms with Crippen LogP contribution in [0.15, 0.2) is 23.3 Å². The molecule has 0 saturated heterocycles. The molecule has 0 spiro atoms. The van der Waals surface area contributed by atoms with E-state index in [1.54, 1.807) is 6.08 Å². The van der Waals surface area contributed by atoms with Crippen molar-refractivity contribution in [2.75, 3.05) is 0 Å². The molecule has 0 N–H and O–H groups in total. The molecule has 12 heavy (non-hydrogen) atoms. The standard InChI is InChI=1S/C9H11BrF2/c1-6-2-3-8(10)5-7(4-6)9(11)12/h2,4,8-9H,3,5H2,1H3. The Balaban J connectivity index is 2.78. The molecule has 0 aromatic carbocycles. The molecule has 0 fully saturated rings. The smallest absolute Gasteiger partial charge is 0.205 e. The molecule has 0 bridgehead atoms. The molecule has 0 saturated carbocycles. The van der Waals surface area contributed by atoms with E-state index < -0.39 is 6.43 Å². The van der Waals surface area contributed by atoms with Gasteiger partial charge in [-0.1, -0.05) is 33.7 Å². The van der Waals surface area contributed by atoms with Crippen LogP contribution in [-0.2, 0) is 0 Å². The maximum absolute atomic E-state index is 12.3. The quantitative estimate of drug-likeness (QED) is 0.610. The van der Waals surface area contributed by atoms with Crippen molar-refractivity contribution in [2.45, 2.75) is 31.0 Å². The Labute approximate surface area is 79.5 Å². The highest BCUT2D eigenvalue weighted by Crippen LogP contribution is 2.26. The first kappa shape index (κ1) is 9.90. The first-order valence-corrected chi connectivity index (χ1v) is 4.80. The van der Waals surface area contributed by atoms with Crippen LogP contribution in [0, 0.1) is 0 Å². The average molecular weight is 237 g/mol. The van der Waals surface area contributed by atoms with Gasteiger partial charge in [0.1, 0.15) is 0 Å². The highest BCUT2D eigenvalue weighted by atomic mass is 79.9. The SMILES string of the molecule is CC1=CCC(Br)CC(C(F)F)=C1. The van der Waals surface area contributed by atoms with Gasteiger partial charge in [0, 0.05) is 4.83 Å². The molecule has 68 valence electrons. The van der Waals surface area contributed by atoms with E-state index in [4.69, 9.17) is 0 Å². The molecule has 0 amide bonds. The Morgan fingerprint density at radius 3 is 2.83 bits per heavy atom. The average Bonchev–Trinajstić information content (AvgIpc) is 2.13. The van der Waals surface area contributed by atoms with Crippen LogP contribution in [0.1, 0.15) is 19.8 Å². The van der Waals surface area contributed by atoms with Gasteiger partial charge in [-0.2, -0.15) is 0 Å². The zero-order chi connectivity index (χ0) is 9.14. The Kier molecular flexibility index (Phi) is 3.44. The summed E-state index contributed by atoms with van der Waals surface area (Å²) >= 11 is 3.36. The van der Waals surface area contributed by atoms with Crippen molar-refractivity contribution in [2.24, 2.45) is 0 Å². The van der Waals surface area contributed by atoms with Gasteiger partial charge in [0.15, 0.2) is 0 Å². The first-order chi connectivity index (χ1) is 5.59. The van der Waals surface area contributed by atoms with Crippen molar-refractivity contribution < 1.29 is 8.78 Å². The summed E-state index contributed by atoms with van der Waals surface area (Å²) in [6.07, 6.45) is 2.54. The minimum absolute atomic E-state index is 0.162. The predicted octanol–water partition coefficient (Wildman–Crippen LogP) is 3.68. The fraction of sp³-hybridized carbons (Fsp3) is 0.556. The molecule has 1 aliphatic rings. The second-order valence-electron chi connectivity index (χ2n) is 3.01. The van der Waals surface area contributed by atoms with E-state index in [0.717, 1.165) is 12.0 Å². The molecule has 1 atom stereocenters. The fourth-order valence-corrected chi connectivity index (χ4v) is 1.78. The highest BCUT2D eigenvalue weighted by molar-refractivity contribution is 9.09. The van der Waals surface area contributed by atoms with E-state index in [0.29, 0.717) is 6.42 Å². The van der Waals surface area contributed by atoms with Gasteiger partial charge in [0.2, 0.25) is 0 Å². The van der Waals surface area contributed by atoms with Crippen molar-refractivity contribution >= 4 is 15.9 Å². The van der Waals surface area contributed by atoms with Gasteiger partial charge in [-0.25, -0.2) is 8.78 Å². The van der Waals surface area contributed by atoms with Crippen LogP contribution in [0.2, 0.25) is 0 Å². The topological polar surface area (TPSA) is 0 Å². The molecular weight excluding hydrogens is 226 g/mol. The summed E-state index contributed by atoms with van der Waals surface area (Å²) in [5.41, 5.74) is 1.18. The molecule has 0 aromatic rings. The maximum Gasteiger partial charge on any atom is 0.260 e. The summed E-state index contributed by atoms with van der Waals surface area (Å²) in [6, 6.07) is 0. The molecular formula is C9H11BrF2. The predicted molar refractivity (Wildman–Crippen MR) is 49.8 cm³/mol. The normalized spacial score (nSPS) is 24.9. The lowest BCUT2D eigenvalue weighted by molar-refractivity contribution is 0.185. The minimum atomic E-state index is -2.31. The van der Waals surface area contributed by atoms with Crippen LogP contribution in [0.4, 0.5) is 8.78 Å². The Morgan fingerprint density at radius 1 is 1.58 bits per heavy atom. The molecule has 0 heterocycles. The lowest BCUT2D eigenvalue weighted by Crippen LogP contribution is -2.03. The van der Waals surface area contributed by atoms with Gasteiger partial charge in [-0.05, 0) is 25.3 Å². The van der Waals surface area contributed by atoms with E-state index >= 15 is 0 Å². The van der Waals surface area contributed by atoms with Gasteiger partial charge in [0.25, 0.3) is 6.43 Å². The molecule has 0 radical (unpaired) electrons. The molecule has 0 aliphatic heterocycles. The molecule has 1 unspecified atom stereocenters. The second kappa shape index (κ2) is 4.17. The van der Waals surface area contributed by atoms with Crippen LogP contribution >= 0.6 is 15.9 Å². The Hall–Kier alpha value is -0.180. The lowest BCUT2D eigenvalue weighted by atomic mass is 10.1. The minimum Gasteiger partial charge on any atom is -0.205 e. The van der Waals surface area contributed by atoms with E-state index in [2.05, 4.69) is 15.9 Å². The van der Waals surface area contributed by atoms with Crippen molar-refractivity contribution in [3.8, 4) is 0 Å². The summed E-state index contributed by atoms with van der Waals surface area (Å²) in [5, 5.41) is 0. The number of rotatable bonds is 1. The van der Waals surface area contributed by atoms with E-state index in [-0.39, 0.29) is 10.4 Å². The lowest BCUT2D eigenvalue weighted by Gasteiger charge is -2.07. The third kappa shape index (κ3) is 2.70. The van der Waals surface area contributed by atoms with Gasteiger partial charge in [-0.15, -0.1) is 0 Å². The van der Waals surface area contributed by atoms with Gasteiger partial charge in [0.05, 0.1) is 0 Å². The van der Waals surface area contributed by atoms with Gasteiger partial charge in [-0.3, -0.25) is 0 Å². The number of halogens is 3. The zero-order valence-electron chi connectivity index (χ0n) is 6.86. The fourth-order valence-electron chi connectivity index (χ4n) is 1.22.